The molecule has 16 heavy (non-hydrogen) atoms. The fourth-order valence-corrected chi connectivity index (χ4v) is 2.32. The van der Waals surface area contributed by atoms with Crippen LogP contribution in [0.4, 0.5) is 5.69 Å². The van der Waals surface area contributed by atoms with Gasteiger partial charge in [-0.1, -0.05) is 11.8 Å². The molecule has 0 amide bonds. The molecule has 0 saturated carbocycles. The van der Waals surface area contributed by atoms with Gasteiger partial charge in [-0.15, -0.1) is 0 Å². The van der Waals surface area contributed by atoms with Crippen LogP contribution in [0.2, 0.25) is 0 Å². The molecule has 0 radical (unpaired) electrons. The van der Waals surface area contributed by atoms with Crippen molar-refractivity contribution in [2.75, 3.05) is 12.8 Å². The number of hydrogen-bond acceptors (Lipinski definition) is 4. The Morgan fingerprint density at radius 2 is 2.12 bits per heavy atom. The highest BCUT2D eigenvalue weighted by Crippen LogP contribution is 2.34. The number of methoxy groups -OCH3 is 1. The Labute approximate surface area is 98.6 Å². The molecule has 0 aliphatic heterocycles. The summed E-state index contributed by atoms with van der Waals surface area (Å²) in [6.45, 7) is 1.94. The highest BCUT2D eigenvalue weighted by molar-refractivity contribution is 7.99. The van der Waals surface area contributed by atoms with Crippen molar-refractivity contribution >= 4 is 17.4 Å². The van der Waals surface area contributed by atoms with E-state index in [0.29, 0.717) is 5.69 Å². The summed E-state index contributed by atoms with van der Waals surface area (Å²) in [5, 5.41) is 0. The molecule has 0 aliphatic rings. The summed E-state index contributed by atoms with van der Waals surface area (Å²) in [6, 6.07) is 7.61. The van der Waals surface area contributed by atoms with Crippen LogP contribution in [-0.4, -0.2) is 7.11 Å². The van der Waals surface area contributed by atoms with E-state index in [0.717, 1.165) is 21.3 Å². The lowest BCUT2D eigenvalue weighted by Gasteiger charge is -2.05. The van der Waals surface area contributed by atoms with E-state index in [2.05, 4.69) is 0 Å². The van der Waals surface area contributed by atoms with Crippen molar-refractivity contribution in [1.29, 1.82) is 0 Å². The number of rotatable bonds is 3. The van der Waals surface area contributed by atoms with Crippen molar-refractivity contribution in [2.24, 2.45) is 0 Å². The number of benzene rings is 1. The molecule has 0 aliphatic carbocycles. The first-order valence-electron chi connectivity index (χ1n) is 4.85. The van der Waals surface area contributed by atoms with Crippen LogP contribution >= 0.6 is 11.8 Å². The number of ether oxygens (including phenoxy) is 1. The molecule has 0 bridgehead atoms. The normalized spacial score (nSPS) is 10.4. The van der Waals surface area contributed by atoms with E-state index < -0.39 is 0 Å². The van der Waals surface area contributed by atoms with Gasteiger partial charge in [-0.2, -0.15) is 0 Å². The van der Waals surface area contributed by atoms with Crippen molar-refractivity contribution < 1.29 is 9.15 Å². The van der Waals surface area contributed by atoms with E-state index in [9.17, 15) is 0 Å². The average molecular weight is 235 g/mol. The van der Waals surface area contributed by atoms with E-state index in [1.807, 2.05) is 25.1 Å². The zero-order valence-corrected chi connectivity index (χ0v) is 10.0. The fourth-order valence-electron chi connectivity index (χ4n) is 1.38. The quantitative estimate of drug-likeness (QED) is 0.829. The average Bonchev–Trinajstić information content (AvgIpc) is 2.63. The Kier molecular flexibility index (Phi) is 3.10. The molecule has 0 atom stereocenters. The van der Waals surface area contributed by atoms with Crippen molar-refractivity contribution in [3.8, 4) is 5.75 Å². The third kappa shape index (κ3) is 2.33. The van der Waals surface area contributed by atoms with Crippen LogP contribution in [0.25, 0.3) is 0 Å². The minimum atomic E-state index is 0.697. The van der Waals surface area contributed by atoms with Crippen LogP contribution in [0, 0.1) is 6.92 Å². The second-order valence-corrected chi connectivity index (χ2v) is 4.50. The Balaban J connectivity index is 2.28. The number of anilines is 1. The van der Waals surface area contributed by atoms with Crippen molar-refractivity contribution in [1.82, 2.24) is 0 Å². The molecule has 0 spiro atoms. The van der Waals surface area contributed by atoms with Gasteiger partial charge < -0.3 is 14.9 Å². The molecular formula is C12H13NO2S. The minimum absolute atomic E-state index is 0.697. The molecular weight excluding hydrogens is 222 g/mol. The lowest BCUT2D eigenvalue weighted by atomic mass is 10.3. The highest BCUT2D eigenvalue weighted by Gasteiger charge is 2.05. The van der Waals surface area contributed by atoms with E-state index in [4.69, 9.17) is 14.9 Å². The summed E-state index contributed by atoms with van der Waals surface area (Å²) in [7, 11) is 1.63. The number of aryl methyl sites for hydroxylation is 1. The Morgan fingerprint density at radius 3 is 2.75 bits per heavy atom. The Hall–Kier alpha value is -1.55. The lowest BCUT2D eigenvalue weighted by Crippen LogP contribution is -1.89. The molecule has 4 heteroatoms. The van der Waals surface area contributed by atoms with Gasteiger partial charge >= 0.3 is 0 Å². The van der Waals surface area contributed by atoms with Gasteiger partial charge in [-0.05, 0) is 25.1 Å². The summed E-state index contributed by atoms with van der Waals surface area (Å²) in [5.74, 6) is 1.68. The van der Waals surface area contributed by atoms with Crippen LogP contribution in [0.1, 0.15) is 5.76 Å². The second kappa shape index (κ2) is 4.53. The summed E-state index contributed by atoms with van der Waals surface area (Å²) in [5.41, 5.74) is 6.48. The van der Waals surface area contributed by atoms with Crippen LogP contribution in [-0.2, 0) is 0 Å². The first-order valence-corrected chi connectivity index (χ1v) is 5.67. The molecule has 3 nitrogen and oxygen atoms in total. The predicted molar refractivity (Wildman–Crippen MR) is 65.0 cm³/mol. The first-order chi connectivity index (χ1) is 7.69. The topological polar surface area (TPSA) is 48.4 Å². The lowest BCUT2D eigenvalue weighted by molar-refractivity contribution is 0.414. The van der Waals surface area contributed by atoms with Crippen molar-refractivity contribution in [3.05, 3.63) is 36.3 Å². The van der Waals surface area contributed by atoms with Gasteiger partial charge in [0.15, 0.2) is 0 Å². The van der Waals surface area contributed by atoms with E-state index in [1.165, 1.54) is 0 Å². The molecule has 2 N–H and O–H groups in total. The van der Waals surface area contributed by atoms with Crippen molar-refractivity contribution in [3.63, 3.8) is 0 Å². The molecule has 0 saturated heterocycles. The molecule has 1 aromatic carbocycles. The van der Waals surface area contributed by atoms with E-state index in [1.54, 1.807) is 31.2 Å². The summed E-state index contributed by atoms with van der Waals surface area (Å²) in [4.78, 5) is 2.13. The third-order valence-corrected chi connectivity index (χ3v) is 3.29. The minimum Gasteiger partial charge on any atom is -0.497 e. The Morgan fingerprint density at radius 1 is 1.31 bits per heavy atom. The number of hydrogen-bond donors (Lipinski definition) is 1. The standard InChI is InChI=1S/C12H13NO2S/c1-8-12(3-4-15-8)16-11-6-9(13)5-10(7-11)14-2/h3-7H,13H2,1-2H3. The number of nitrogen functional groups attached to an aromatic ring is 1. The van der Waals surface area contributed by atoms with Gasteiger partial charge in [-0.25, -0.2) is 0 Å². The number of furan rings is 1. The molecule has 84 valence electrons. The highest BCUT2D eigenvalue weighted by atomic mass is 32.2. The number of nitrogens with two attached hydrogens (primary N) is 1. The molecule has 2 aromatic rings. The maximum atomic E-state index is 5.79. The molecule has 0 fully saturated rings. The predicted octanol–water partition coefficient (Wildman–Crippen LogP) is 3.33. The monoisotopic (exact) mass is 235 g/mol. The maximum absolute atomic E-state index is 5.79. The fraction of sp³-hybridized carbons (Fsp3) is 0.167. The smallest absolute Gasteiger partial charge is 0.122 e. The van der Waals surface area contributed by atoms with Gasteiger partial charge in [0.05, 0.1) is 18.3 Å². The Bertz CT molecular complexity index is 494. The van der Waals surface area contributed by atoms with Crippen molar-refractivity contribution in [2.45, 2.75) is 16.7 Å². The summed E-state index contributed by atoms with van der Waals surface area (Å²) >= 11 is 1.61. The van der Waals surface area contributed by atoms with Gasteiger partial charge in [0.25, 0.3) is 0 Å². The zero-order chi connectivity index (χ0) is 11.5. The van der Waals surface area contributed by atoms with Gasteiger partial charge in [0.1, 0.15) is 11.5 Å². The summed E-state index contributed by atoms with van der Waals surface area (Å²) < 4.78 is 10.4. The molecule has 1 aromatic heterocycles. The van der Waals surface area contributed by atoms with Gasteiger partial charge in [0.2, 0.25) is 0 Å². The molecule has 2 rings (SSSR count). The van der Waals surface area contributed by atoms with E-state index >= 15 is 0 Å². The molecule has 1 heterocycles. The van der Waals surface area contributed by atoms with Crippen LogP contribution in [0.5, 0.6) is 5.75 Å². The maximum Gasteiger partial charge on any atom is 0.122 e. The van der Waals surface area contributed by atoms with Crippen LogP contribution in [0.3, 0.4) is 0 Å². The van der Waals surface area contributed by atoms with E-state index in [-0.39, 0.29) is 0 Å². The van der Waals surface area contributed by atoms with Crippen LogP contribution < -0.4 is 10.5 Å². The third-order valence-electron chi connectivity index (χ3n) is 2.18. The van der Waals surface area contributed by atoms with Gasteiger partial charge in [-0.3, -0.25) is 0 Å². The summed E-state index contributed by atoms with van der Waals surface area (Å²) in [6.07, 6.45) is 1.68. The SMILES string of the molecule is COc1cc(N)cc(Sc2ccoc2C)c1. The largest absolute Gasteiger partial charge is 0.497 e. The first kappa shape index (κ1) is 11.0. The second-order valence-electron chi connectivity index (χ2n) is 3.38. The zero-order valence-electron chi connectivity index (χ0n) is 9.19. The molecule has 0 unspecified atom stereocenters. The van der Waals surface area contributed by atoms with Gasteiger partial charge in [0, 0.05) is 16.6 Å². The van der Waals surface area contributed by atoms with Crippen LogP contribution in [0.15, 0.2) is 44.7 Å².